The summed E-state index contributed by atoms with van der Waals surface area (Å²) in [6.07, 6.45) is 0.0973. The van der Waals surface area contributed by atoms with Crippen LogP contribution in [0.25, 0.3) is 0 Å². The lowest BCUT2D eigenvalue weighted by Crippen LogP contribution is -2.47. The van der Waals surface area contributed by atoms with Crippen LogP contribution >= 0.6 is 0 Å². The quantitative estimate of drug-likeness (QED) is 0.775. The molecule has 2 rings (SSSR count). The average molecular weight is 414 g/mol. The maximum absolute atomic E-state index is 14.0. The molecule has 0 saturated carbocycles. The third-order valence-electron chi connectivity index (χ3n) is 4.93. The smallest absolute Gasteiger partial charge is 0.332 e. The van der Waals surface area contributed by atoms with Gasteiger partial charge in [0.1, 0.15) is 5.82 Å². The van der Waals surface area contributed by atoms with E-state index in [1.54, 1.807) is 7.05 Å². The van der Waals surface area contributed by atoms with Gasteiger partial charge in [0.05, 0.1) is 5.25 Å². The number of benzene rings is 1. The lowest BCUT2D eigenvalue weighted by atomic mass is 9.92. The first-order chi connectivity index (χ1) is 12.9. The van der Waals surface area contributed by atoms with Crippen LogP contribution in [-0.2, 0) is 14.8 Å². The number of amides is 3. The molecule has 2 N–H and O–H groups in total. The van der Waals surface area contributed by atoms with Crippen molar-refractivity contribution in [2.24, 2.45) is 0 Å². The predicted molar refractivity (Wildman–Crippen MR) is 106 cm³/mol. The van der Waals surface area contributed by atoms with Gasteiger partial charge < -0.3 is 10.2 Å². The summed E-state index contributed by atoms with van der Waals surface area (Å²) in [5.41, 5.74) is 1.59. The molecular weight excluding hydrogens is 385 g/mol. The van der Waals surface area contributed by atoms with E-state index in [1.165, 1.54) is 17.0 Å². The molecule has 1 aliphatic rings. The number of hydrogen-bond donors (Lipinski definition) is 2. The van der Waals surface area contributed by atoms with Crippen molar-refractivity contribution in [3.05, 3.63) is 29.1 Å². The van der Waals surface area contributed by atoms with Gasteiger partial charge in [-0.05, 0) is 41.5 Å². The lowest BCUT2D eigenvalue weighted by molar-refractivity contribution is -0.131. The van der Waals surface area contributed by atoms with Gasteiger partial charge in [-0.1, -0.05) is 27.7 Å². The highest BCUT2D eigenvalue weighted by atomic mass is 32.2. The highest BCUT2D eigenvalue weighted by molar-refractivity contribution is 7.90. The second-order valence-corrected chi connectivity index (χ2v) is 9.76. The number of anilines is 1. The fourth-order valence-corrected chi connectivity index (χ4v) is 4.49. The summed E-state index contributed by atoms with van der Waals surface area (Å²) < 4.78 is 41.1. The molecule has 0 radical (unpaired) electrons. The van der Waals surface area contributed by atoms with Crippen molar-refractivity contribution in [3.63, 3.8) is 0 Å². The maximum Gasteiger partial charge on any atom is 0.332 e. The van der Waals surface area contributed by atoms with E-state index in [2.05, 4.69) is 5.32 Å². The zero-order valence-electron chi connectivity index (χ0n) is 16.9. The third kappa shape index (κ3) is 5.01. The SMILES string of the molecule is CC(C)c1cc(F)cc(C(C)C)c1NC(=O)NS(=O)(=O)C1CCN(C)C(=O)C1. The average Bonchev–Trinajstić information content (AvgIpc) is 2.57. The molecule has 1 fully saturated rings. The van der Waals surface area contributed by atoms with Crippen LogP contribution in [0.3, 0.4) is 0 Å². The number of halogens is 1. The van der Waals surface area contributed by atoms with E-state index in [-0.39, 0.29) is 30.6 Å². The van der Waals surface area contributed by atoms with Crippen molar-refractivity contribution in [2.75, 3.05) is 18.9 Å². The molecule has 1 aliphatic heterocycles. The fraction of sp³-hybridized carbons (Fsp3) is 0.579. The number of piperidine rings is 1. The molecular formula is C19H28FN3O4S. The number of nitrogens with zero attached hydrogens (tertiary/aromatic N) is 1. The number of nitrogens with one attached hydrogen (secondary N) is 2. The van der Waals surface area contributed by atoms with Gasteiger partial charge in [-0.15, -0.1) is 0 Å². The number of rotatable bonds is 5. The Bertz CT molecular complexity index is 839. The zero-order chi connectivity index (χ0) is 21.2. The first-order valence-corrected chi connectivity index (χ1v) is 10.9. The summed E-state index contributed by atoms with van der Waals surface area (Å²) in [5, 5.41) is 1.64. The van der Waals surface area contributed by atoms with Crippen molar-refractivity contribution in [2.45, 2.75) is 57.6 Å². The van der Waals surface area contributed by atoms with Gasteiger partial charge in [0.25, 0.3) is 0 Å². The van der Waals surface area contributed by atoms with Crippen molar-refractivity contribution in [3.8, 4) is 0 Å². The molecule has 1 atom stereocenters. The summed E-state index contributed by atoms with van der Waals surface area (Å²) in [7, 11) is -2.41. The Labute approximate surface area is 165 Å². The van der Waals surface area contributed by atoms with E-state index >= 15 is 0 Å². The molecule has 1 aromatic carbocycles. The van der Waals surface area contributed by atoms with Crippen molar-refractivity contribution < 1.29 is 22.4 Å². The summed E-state index contributed by atoms with van der Waals surface area (Å²) in [4.78, 5) is 25.7. The van der Waals surface area contributed by atoms with Crippen LogP contribution in [0.1, 0.15) is 63.5 Å². The Hall–Kier alpha value is -2.16. The molecule has 9 heteroatoms. The molecule has 7 nitrogen and oxygen atoms in total. The van der Waals surface area contributed by atoms with Crippen molar-refractivity contribution >= 4 is 27.6 Å². The summed E-state index contributed by atoms with van der Waals surface area (Å²) >= 11 is 0. The van der Waals surface area contributed by atoms with E-state index in [9.17, 15) is 22.4 Å². The maximum atomic E-state index is 14.0. The Morgan fingerprint density at radius 2 is 1.71 bits per heavy atom. The Balaban J connectivity index is 2.24. The molecule has 28 heavy (non-hydrogen) atoms. The van der Waals surface area contributed by atoms with E-state index in [0.29, 0.717) is 23.4 Å². The van der Waals surface area contributed by atoms with Gasteiger partial charge in [-0.3, -0.25) is 4.79 Å². The second-order valence-electron chi connectivity index (χ2n) is 7.80. The minimum Gasteiger partial charge on any atom is -0.346 e. The molecule has 0 aliphatic carbocycles. The summed E-state index contributed by atoms with van der Waals surface area (Å²) in [6.45, 7) is 7.77. The van der Waals surface area contributed by atoms with Gasteiger partial charge in [-0.25, -0.2) is 22.3 Å². The summed E-state index contributed by atoms with van der Waals surface area (Å²) in [5.74, 6) is -0.834. The van der Waals surface area contributed by atoms with Crippen LogP contribution in [0.15, 0.2) is 12.1 Å². The van der Waals surface area contributed by atoms with E-state index in [1.807, 2.05) is 32.4 Å². The topological polar surface area (TPSA) is 95.6 Å². The van der Waals surface area contributed by atoms with Gasteiger partial charge in [0.15, 0.2) is 0 Å². The monoisotopic (exact) mass is 413 g/mol. The fourth-order valence-electron chi connectivity index (χ4n) is 3.24. The minimum absolute atomic E-state index is 0.0772. The van der Waals surface area contributed by atoms with E-state index in [4.69, 9.17) is 0 Å². The highest BCUT2D eigenvalue weighted by Gasteiger charge is 2.34. The van der Waals surface area contributed by atoms with Crippen LogP contribution in [-0.4, -0.2) is 44.1 Å². The third-order valence-corrected chi connectivity index (χ3v) is 6.68. The lowest BCUT2D eigenvalue weighted by Gasteiger charge is -2.28. The Morgan fingerprint density at radius 3 is 2.18 bits per heavy atom. The molecule has 3 amide bonds. The van der Waals surface area contributed by atoms with Crippen molar-refractivity contribution in [1.82, 2.24) is 9.62 Å². The predicted octanol–water partition coefficient (Wildman–Crippen LogP) is 3.14. The molecule has 1 aromatic rings. The Morgan fingerprint density at radius 1 is 1.18 bits per heavy atom. The first kappa shape index (κ1) is 22.1. The molecule has 0 spiro atoms. The normalized spacial score (nSPS) is 17.9. The largest absolute Gasteiger partial charge is 0.346 e. The van der Waals surface area contributed by atoms with Crippen LogP contribution in [0, 0.1) is 5.82 Å². The van der Waals surface area contributed by atoms with Crippen LogP contribution in [0.5, 0.6) is 0 Å². The van der Waals surface area contributed by atoms with Gasteiger partial charge >= 0.3 is 6.03 Å². The van der Waals surface area contributed by atoms with Gasteiger partial charge in [-0.2, -0.15) is 0 Å². The number of sulfonamides is 1. The van der Waals surface area contributed by atoms with E-state index in [0.717, 1.165) is 0 Å². The Kier molecular flexibility index (Phi) is 6.69. The summed E-state index contributed by atoms with van der Waals surface area (Å²) in [6, 6.07) is 1.77. The number of carbonyl (C=O) groups is 2. The number of urea groups is 1. The zero-order valence-corrected chi connectivity index (χ0v) is 17.7. The molecule has 1 heterocycles. The highest BCUT2D eigenvalue weighted by Crippen LogP contribution is 2.33. The van der Waals surface area contributed by atoms with E-state index < -0.39 is 27.1 Å². The van der Waals surface area contributed by atoms with Crippen LogP contribution < -0.4 is 10.0 Å². The van der Waals surface area contributed by atoms with Crippen LogP contribution in [0.2, 0.25) is 0 Å². The first-order valence-electron chi connectivity index (χ1n) is 9.32. The molecule has 0 bridgehead atoms. The van der Waals surface area contributed by atoms with Crippen LogP contribution in [0.4, 0.5) is 14.9 Å². The van der Waals surface area contributed by atoms with Gasteiger partial charge in [0.2, 0.25) is 15.9 Å². The second kappa shape index (κ2) is 8.46. The minimum atomic E-state index is -4.02. The number of hydrogen-bond acceptors (Lipinski definition) is 4. The molecule has 1 saturated heterocycles. The van der Waals surface area contributed by atoms with Gasteiger partial charge in [0, 0.05) is 25.7 Å². The standard InChI is InChI=1S/C19H28FN3O4S/c1-11(2)15-8-13(20)9-16(12(3)4)18(15)21-19(25)22-28(26,27)14-6-7-23(5)17(24)10-14/h8-9,11-12,14H,6-7,10H2,1-5H3,(H2,21,22,25). The van der Waals surface area contributed by atoms with Crippen molar-refractivity contribution in [1.29, 1.82) is 0 Å². The molecule has 0 aromatic heterocycles. The number of likely N-dealkylation sites (tertiary alicyclic amines) is 1. The molecule has 1 unspecified atom stereocenters. The number of carbonyl (C=O) groups excluding carboxylic acids is 2. The molecule has 156 valence electrons.